The van der Waals surface area contributed by atoms with Crippen LogP contribution in [0.25, 0.3) is 0 Å². The largest absolute Gasteiger partial charge is 0.462 e. The van der Waals surface area contributed by atoms with Crippen molar-refractivity contribution in [3.63, 3.8) is 0 Å². The van der Waals surface area contributed by atoms with Crippen molar-refractivity contribution in [2.75, 3.05) is 6.61 Å². The molecule has 0 aromatic heterocycles. The van der Waals surface area contributed by atoms with Crippen LogP contribution in [0.4, 0.5) is 0 Å². The van der Waals surface area contributed by atoms with E-state index in [1.54, 1.807) is 0 Å². The minimum atomic E-state index is -0.152. The van der Waals surface area contributed by atoms with Crippen LogP contribution in [0.15, 0.2) is 11.6 Å². The van der Waals surface area contributed by atoms with Gasteiger partial charge >= 0.3 is 5.97 Å². The Hall–Kier alpha value is -0.790. The molecule has 12 heavy (non-hydrogen) atoms. The summed E-state index contributed by atoms with van der Waals surface area (Å²) in [6.07, 6.45) is 4.52. The van der Waals surface area contributed by atoms with Crippen molar-refractivity contribution >= 4 is 5.97 Å². The third-order valence-electron chi connectivity index (χ3n) is 1.57. The van der Waals surface area contributed by atoms with Gasteiger partial charge in [0, 0.05) is 5.57 Å². The predicted molar refractivity (Wildman–Crippen MR) is 49.9 cm³/mol. The van der Waals surface area contributed by atoms with Gasteiger partial charge in [-0.3, -0.25) is 0 Å². The van der Waals surface area contributed by atoms with Crippen LogP contribution < -0.4 is 0 Å². The van der Waals surface area contributed by atoms with Crippen LogP contribution in [0.2, 0.25) is 0 Å². The van der Waals surface area contributed by atoms with Crippen LogP contribution in [0.1, 0.15) is 40.0 Å². The predicted octanol–water partition coefficient (Wildman–Crippen LogP) is 2.69. The Morgan fingerprint density at radius 2 is 2.00 bits per heavy atom. The Bertz CT molecular complexity index is 159. The molecular weight excluding hydrogens is 152 g/mol. The maximum atomic E-state index is 11.2. The second kappa shape index (κ2) is 6.89. The van der Waals surface area contributed by atoms with Crippen LogP contribution >= 0.6 is 0 Å². The van der Waals surface area contributed by atoms with Crippen molar-refractivity contribution in [3.8, 4) is 0 Å². The Labute approximate surface area is 74.6 Å². The first-order valence-electron chi connectivity index (χ1n) is 4.58. The zero-order valence-electron chi connectivity index (χ0n) is 8.22. The lowest BCUT2D eigenvalue weighted by Gasteiger charge is -2.05. The normalized spacial score (nSPS) is 11.4. The van der Waals surface area contributed by atoms with Gasteiger partial charge in [0.15, 0.2) is 0 Å². The van der Waals surface area contributed by atoms with Crippen LogP contribution in [0.5, 0.6) is 0 Å². The number of esters is 1. The molecule has 0 saturated carbocycles. The van der Waals surface area contributed by atoms with Gasteiger partial charge in [0.1, 0.15) is 0 Å². The standard InChI is InChI=1S/C10H18O2/c1-4-7-9(6-3)10(11)12-8-5-2/h6H,4-5,7-8H2,1-3H3. The molecule has 0 fully saturated rings. The van der Waals surface area contributed by atoms with Gasteiger partial charge < -0.3 is 4.74 Å². The van der Waals surface area contributed by atoms with E-state index >= 15 is 0 Å². The van der Waals surface area contributed by atoms with Crippen molar-refractivity contribution < 1.29 is 9.53 Å². The maximum Gasteiger partial charge on any atom is 0.333 e. The average Bonchev–Trinajstić information content (AvgIpc) is 2.10. The smallest absolute Gasteiger partial charge is 0.333 e. The molecular formula is C10H18O2. The highest BCUT2D eigenvalue weighted by atomic mass is 16.5. The molecule has 0 aromatic rings. The molecule has 0 amide bonds. The van der Waals surface area contributed by atoms with Crippen LogP contribution in [0.3, 0.4) is 0 Å². The van der Waals surface area contributed by atoms with Crippen LogP contribution in [-0.4, -0.2) is 12.6 Å². The van der Waals surface area contributed by atoms with E-state index in [1.807, 2.05) is 19.9 Å². The summed E-state index contributed by atoms with van der Waals surface area (Å²) in [6.45, 7) is 6.44. The van der Waals surface area contributed by atoms with E-state index in [2.05, 4.69) is 6.92 Å². The molecule has 0 aliphatic carbocycles. The molecule has 70 valence electrons. The van der Waals surface area contributed by atoms with Crippen molar-refractivity contribution in [2.45, 2.75) is 40.0 Å². The third-order valence-corrected chi connectivity index (χ3v) is 1.57. The molecule has 2 nitrogen and oxygen atoms in total. The van der Waals surface area contributed by atoms with Gasteiger partial charge in [0.2, 0.25) is 0 Å². The molecule has 0 aliphatic rings. The Balaban J connectivity index is 3.87. The lowest BCUT2D eigenvalue weighted by Crippen LogP contribution is -2.08. The number of carbonyl (C=O) groups is 1. The molecule has 0 spiro atoms. The fourth-order valence-electron chi connectivity index (χ4n) is 0.921. The molecule has 0 heterocycles. The molecule has 0 N–H and O–H groups in total. The zero-order chi connectivity index (χ0) is 9.40. The van der Waals surface area contributed by atoms with E-state index in [0.29, 0.717) is 6.61 Å². The third kappa shape index (κ3) is 4.16. The first-order chi connectivity index (χ1) is 5.76. The van der Waals surface area contributed by atoms with Gasteiger partial charge in [0.25, 0.3) is 0 Å². The summed E-state index contributed by atoms with van der Waals surface area (Å²) in [5, 5.41) is 0. The average molecular weight is 170 g/mol. The molecule has 0 unspecified atom stereocenters. The second-order valence-corrected chi connectivity index (χ2v) is 2.70. The SMILES string of the molecule is CC=C(CCC)C(=O)OCCC. The van der Waals surface area contributed by atoms with Crippen molar-refractivity contribution in [2.24, 2.45) is 0 Å². The summed E-state index contributed by atoms with van der Waals surface area (Å²) in [5.41, 5.74) is 0.797. The quantitative estimate of drug-likeness (QED) is 0.468. The summed E-state index contributed by atoms with van der Waals surface area (Å²) in [4.78, 5) is 11.2. The molecule has 0 radical (unpaired) electrons. The van der Waals surface area contributed by atoms with Gasteiger partial charge in [-0.05, 0) is 19.8 Å². The number of hydrogen-bond donors (Lipinski definition) is 0. The number of allylic oxidation sites excluding steroid dienone is 1. The molecule has 0 atom stereocenters. The molecule has 0 aliphatic heterocycles. The fourth-order valence-corrected chi connectivity index (χ4v) is 0.921. The topological polar surface area (TPSA) is 26.3 Å². The zero-order valence-corrected chi connectivity index (χ0v) is 8.22. The highest BCUT2D eigenvalue weighted by Gasteiger charge is 2.07. The minimum absolute atomic E-state index is 0.152. The van der Waals surface area contributed by atoms with Gasteiger partial charge in [-0.15, -0.1) is 0 Å². The van der Waals surface area contributed by atoms with Crippen LogP contribution in [-0.2, 0) is 9.53 Å². The van der Waals surface area contributed by atoms with E-state index in [0.717, 1.165) is 24.8 Å². The summed E-state index contributed by atoms with van der Waals surface area (Å²) in [6, 6.07) is 0. The second-order valence-electron chi connectivity index (χ2n) is 2.70. The van der Waals surface area contributed by atoms with Gasteiger partial charge in [-0.25, -0.2) is 4.79 Å². The maximum absolute atomic E-state index is 11.2. The number of carbonyl (C=O) groups excluding carboxylic acids is 1. The van der Waals surface area contributed by atoms with E-state index < -0.39 is 0 Å². The first-order valence-corrected chi connectivity index (χ1v) is 4.58. The van der Waals surface area contributed by atoms with Gasteiger partial charge in [0.05, 0.1) is 6.61 Å². The summed E-state index contributed by atoms with van der Waals surface area (Å²) in [5.74, 6) is -0.152. The van der Waals surface area contributed by atoms with E-state index in [4.69, 9.17) is 4.74 Å². The summed E-state index contributed by atoms with van der Waals surface area (Å²) < 4.78 is 4.99. The van der Waals surface area contributed by atoms with Crippen molar-refractivity contribution in [1.82, 2.24) is 0 Å². The molecule has 0 bridgehead atoms. The van der Waals surface area contributed by atoms with E-state index in [1.165, 1.54) is 0 Å². The highest BCUT2D eigenvalue weighted by molar-refractivity contribution is 5.88. The monoisotopic (exact) mass is 170 g/mol. The Morgan fingerprint density at radius 1 is 1.33 bits per heavy atom. The summed E-state index contributed by atoms with van der Waals surface area (Å²) in [7, 11) is 0. The van der Waals surface area contributed by atoms with E-state index in [-0.39, 0.29) is 5.97 Å². The molecule has 2 heteroatoms. The van der Waals surface area contributed by atoms with E-state index in [9.17, 15) is 4.79 Å². The highest BCUT2D eigenvalue weighted by Crippen LogP contribution is 2.06. The Kier molecular flexibility index (Phi) is 6.44. The van der Waals surface area contributed by atoms with Crippen LogP contribution in [0, 0.1) is 0 Å². The van der Waals surface area contributed by atoms with Crippen molar-refractivity contribution in [3.05, 3.63) is 11.6 Å². The van der Waals surface area contributed by atoms with Gasteiger partial charge in [-0.1, -0.05) is 26.3 Å². The molecule has 0 aromatic carbocycles. The Morgan fingerprint density at radius 3 is 2.42 bits per heavy atom. The number of hydrogen-bond acceptors (Lipinski definition) is 2. The lowest BCUT2D eigenvalue weighted by molar-refractivity contribution is -0.139. The van der Waals surface area contributed by atoms with Gasteiger partial charge in [-0.2, -0.15) is 0 Å². The molecule has 0 rings (SSSR count). The lowest BCUT2D eigenvalue weighted by atomic mass is 10.1. The first kappa shape index (κ1) is 11.2. The number of rotatable bonds is 5. The minimum Gasteiger partial charge on any atom is -0.462 e. The molecule has 0 saturated heterocycles. The number of ether oxygens (including phenoxy) is 1. The summed E-state index contributed by atoms with van der Waals surface area (Å²) >= 11 is 0. The fraction of sp³-hybridized carbons (Fsp3) is 0.700. The van der Waals surface area contributed by atoms with Crippen molar-refractivity contribution in [1.29, 1.82) is 0 Å².